The van der Waals surface area contributed by atoms with Crippen LogP contribution >= 0.6 is 15.9 Å². The third-order valence-corrected chi connectivity index (χ3v) is 3.30. The van der Waals surface area contributed by atoms with Crippen molar-refractivity contribution in [1.29, 1.82) is 0 Å². The molecule has 0 aliphatic heterocycles. The number of primary amides is 1. The molecule has 1 atom stereocenters. The van der Waals surface area contributed by atoms with Gasteiger partial charge in [-0.15, -0.1) is 0 Å². The molecule has 0 aliphatic rings. The summed E-state index contributed by atoms with van der Waals surface area (Å²) < 4.78 is 0.485. The van der Waals surface area contributed by atoms with E-state index in [2.05, 4.69) is 15.9 Å². The Morgan fingerprint density at radius 3 is 2.53 bits per heavy atom. The smallest absolute Gasteiger partial charge is 0.319 e. The van der Waals surface area contributed by atoms with Crippen molar-refractivity contribution in [2.75, 3.05) is 0 Å². The van der Waals surface area contributed by atoms with Gasteiger partial charge in [-0.3, -0.25) is 19.7 Å². The van der Waals surface area contributed by atoms with Gasteiger partial charge in [0.1, 0.15) is 5.41 Å². The summed E-state index contributed by atoms with van der Waals surface area (Å²) in [6.45, 7) is 1.14. The fourth-order valence-corrected chi connectivity index (χ4v) is 1.85. The molecule has 0 bridgehead atoms. The Balaban J connectivity index is 3.28. The Morgan fingerprint density at radius 2 is 2.11 bits per heavy atom. The van der Waals surface area contributed by atoms with Crippen LogP contribution in [0.4, 0.5) is 5.69 Å². The lowest BCUT2D eigenvalue weighted by molar-refractivity contribution is -0.385. The molecule has 1 rings (SSSR count). The Bertz CT molecular complexity index is 544. The molecule has 8 heteroatoms. The lowest BCUT2D eigenvalue weighted by atomic mass is 9.82. The molecule has 0 saturated heterocycles. The van der Waals surface area contributed by atoms with Crippen LogP contribution in [0.25, 0.3) is 0 Å². The van der Waals surface area contributed by atoms with Gasteiger partial charge in [-0.05, 0) is 13.0 Å². The van der Waals surface area contributed by atoms with Gasteiger partial charge >= 0.3 is 5.97 Å². The van der Waals surface area contributed by atoms with Gasteiger partial charge in [0.2, 0.25) is 5.91 Å². The molecule has 102 valence electrons. The minimum absolute atomic E-state index is 0.136. The van der Waals surface area contributed by atoms with E-state index in [0.717, 1.165) is 6.92 Å². The second-order valence-corrected chi connectivity index (χ2v) is 5.12. The number of nitrogens with zero attached hydrogens (tertiary/aromatic N) is 1. The second kappa shape index (κ2) is 5.35. The number of carboxylic acid groups (broad SMARTS) is 1. The van der Waals surface area contributed by atoms with Gasteiger partial charge in [-0.25, -0.2) is 0 Å². The lowest BCUT2D eigenvalue weighted by Gasteiger charge is -2.20. The Morgan fingerprint density at radius 1 is 1.53 bits per heavy atom. The largest absolute Gasteiger partial charge is 0.480 e. The number of hydrogen-bond acceptors (Lipinski definition) is 4. The number of aliphatic carboxylic acids is 1. The monoisotopic (exact) mass is 330 g/mol. The number of rotatable bonds is 5. The molecule has 0 aromatic heterocycles. The summed E-state index contributed by atoms with van der Waals surface area (Å²) in [5.41, 5.74) is 3.06. The molecule has 19 heavy (non-hydrogen) atoms. The summed E-state index contributed by atoms with van der Waals surface area (Å²) >= 11 is 3.09. The van der Waals surface area contributed by atoms with E-state index in [0.29, 0.717) is 4.47 Å². The standard InChI is InChI=1S/C11H11BrN2O5/c1-11(9(13)15,10(16)17)5-6-2-3-7(12)4-8(6)14(18)19/h2-4H,5H2,1H3,(H2,13,15)(H,16,17). The number of carboxylic acids is 1. The first-order valence-electron chi connectivity index (χ1n) is 5.14. The van der Waals surface area contributed by atoms with Gasteiger partial charge in [-0.2, -0.15) is 0 Å². The molecular formula is C11H11BrN2O5. The second-order valence-electron chi connectivity index (χ2n) is 4.21. The fourth-order valence-electron chi connectivity index (χ4n) is 1.51. The zero-order chi connectivity index (χ0) is 14.8. The first-order chi connectivity index (χ1) is 8.68. The highest BCUT2D eigenvalue weighted by Gasteiger charge is 2.41. The Hall–Kier alpha value is -1.96. The molecule has 0 saturated carbocycles. The maximum Gasteiger partial charge on any atom is 0.319 e. The highest BCUT2D eigenvalue weighted by atomic mass is 79.9. The number of nitro benzene ring substituents is 1. The van der Waals surface area contributed by atoms with Crippen LogP contribution in [-0.2, 0) is 16.0 Å². The van der Waals surface area contributed by atoms with Crippen LogP contribution < -0.4 is 5.73 Å². The van der Waals surface area contributed by atoms with Crippen molar-refractivity contribution >= 4 is 33.5 Å². The van der Waals surface area contributed by atoms with Gasteiger partial charge in [0.25, 0.3) is 5.69 Å². The summed E-state index contributed by atoms with van der Waals surface area (Å²) in [7, 11) is 0. The van der Waals surface area contributed by atoms with Gasteiger partial charge in [-0.1, -0.05) is 22.0 Å². The average molecular weight is 331 g/mol. The molecule has 1 amide bonds. The summed E-state index contributed by atoms with van der Waals surface area (Å²) in [5, 5.41) is 20.0. The SMILES string of the molecule is CC(Cc1ccc(Br)cc1[N+](=O)[O-])(C(N)=O)C(=O)O. The van der Waals surface area contributed by atoms with Crippen molar-refractivity contribution < 1.29 is 19.6 Å². The first-order valence-corrected chi connectivity index (χ1v) is 5.94. The zero-order valence-electron chi connectivity index (χ0n) is 9.92. The predicted octanol–water partition coefficient (Wildman–Crippen LogP) is 1.48. The van der Waals surface area contributed by atoms with E-state index in [1.807, 2.05) is 0 Å². The molecule has 0 spiro atoms. The van der Waals surface area contributed by atoms with Gasteiger partial charge in [0, 0.05) is 22.5 Å². The molecule has 1 unspecified atom stereocenters. The minimum atomic E-state index is -1.89. The van der Waals surface area contributed by atoms with E-state index < -0.39 is 22.2 Å². The Kier molecular flexibility index (Phi) is 4.25. The van der Waals surface area contributed by atoms with E-state index in [1.54, 1.807) is 0 Å². The number of hydrogen-bond donors (Lipinski definition) is 2. The molecular weight excluding hydrogens is 320 g/mol. The number of nitrogens with two attached hydrogens (primary N) is 1. The molecule has 0 heterocycles. The number of benzene rings is 1. The molecule has 3 N–H and O–H groups in total. The molecule has 7 nitrogen and oxygen atoms in total. The van der Waals surface area contributed by atoms with Crippen molar-refractivity contribution in [3.05, 3.63) is 38.3 Å². The van der Waals surface area contributed by atoms with E-state index in [-0.39, 0.29) is 17.7 Å². The highest BCUT2D eigenvalue weighted by Crippen LogP contribution is 2.30. The van der Waals surface area contributed by atoms with Crippen LogP contribution in [0.15, 0.2) is 22.7 Å². The third kappa shape index (κ3) is 3.08. The van der Waals surface area contributed by atoms with E-state index in [9.17, 15) is 19.7 Å². The summed E-state index contributed by atoms with van der Waals surface area (Å²) in [4.78, 5) is 32.7. The quantitative estimate of drug-likeness (QED) is 0.480. The van der Waals surface area contributed by atoms with Crippen molar-refractivity contribution in [3.63, 3.8) is 0 Å². The average Bonchev–Trinajstić information content (AvgIpc) is 2.30. The van der Waals surface area contributed by atoms with Crippen molar-refractivity contribution in [3.8, 4) is 0 Å². The third-order valence-electron chi connectivity index (χ3n) is 2.80. The Labute approximate surface area is 116 Å². The van der Waals surface area contributed by atoms with E-state index in [1.165, 1.54) is 18.2 Å². The minimum Gasteiger partial charge on any atom is -0.480 e. The molecule has 0 fully saturated rings. The molecule has 0 radical (unpaired) electrons. The van der Waals surface area contributed by atoms with Crippen LogP contribution in [0.2, 0.25) is 0 Å². The van der Waals surface area contributed by atoms with Gasteiger partial charge < -0.3 is 10.8 Å². The molecule has 1 aromatic carbocycles. The topological polar surface area (TPSA) is 124 Å². The van der Waals surface area contributed by atoms with Gasteiger partial charge in [0.05, 0.1) is 4.92 Å². The van der Waals surface area contributed by atoms with E-state index in [4.69, 9.17) is 10.8 Å². The lowest BCUT2D eigenvalue weighted by Crippen LogP contribution is -2.43. The van der Waals surface area contributed by atoms with Crippen LogP contribution in [-0.4, -0.2) is 21.9 Å². The predicted molar refractivity (Wildman–Crippen MR) is 69.4 cm³/mol. The van der Waals surface area contributed by atoms with E-state index >= 15 is 0 Å². The van der Waals surface area contributed by atoms with Crippen LogP contribution in [0.5, 0.6) is 0 Å². The number of nitro groups is 1. The summed E-state index contributed by atoms with van der Waals surface area (Å²) in [6, 6.07) is 4.18. The highest BCUT2D eigenvalue weighted by molar-refractivity contribution is 9.10. The summed E-state index contributed by atoms with van der Waals surface area (Å²) in [5.74, 6) is -2.46. The molecule has 0 aliphatic carbocycles. The van der Waals surface area contributed by atoms with Crippen LogP contribution in [0.3, 0.4) is 0 Å². The zero-order valence-corrected chi connectivity index (χ0v) is 11.5. The number of halogens is 1. The number of carbonyl (C=O) groups excluding carboxylic acids is 1. The molecule has 1 aromatic rings. The normalized spacial score (nSPS) is 13.6. The van der Waals surface area contributed by atoms with Crippen LogP contribution in [0.1, 0.15) is 12.5 Å². The van der Waals surface area contributed by atoms with Gasteiger partial charge in [0.15, 0.2) is 0 Å². The number of carbonyl (C=O) groups is 2. The van der Waals surface area contributed by atoms with Crippen molar-refractivity contribution in [2.24, 2.45) is 11.1 Å². The van der Waals surface area contributed by atoms with Crippen LogP contribution in [0, 0.1) is 15.5 Å². The number of amides is 1. The summed E-state index contributed by atoms with van der Waals surface area (Å²) in [6.07, 6.45) is -0.346. The fraction of sp³-hybridized carbons (Fsp3) is 0.273. The van der Waals surface area contributed by atoms with Crippen molar-refractivity contribution in [1.82, 2.24) is 0 Å². The first kappa shape index (κ1) is 15.1. The maximum atomic E-state index is 11.3. The van der Waals surface area contributed by atoms with Crippen molar-refractivity contribution in [2.45, 2.75) is 13.3 Å². The maximum absolute atomic E-state index is 11.3.